The zero-order chi connectivity index (χ0) is 29.4. The molecule has 0 aromatic rings. The first kappa shape index (κ1) is 36.5. The fourth-order valence-corrected chi connectivity index (χ4v) is 11.7. The molecule has 0 radical (unpaired) electrons. The molecule has 0 bridgehead atoms. The third kappa shape index (κ3) is 9.87. The van der Waals surface area contributed by atoms with Gasteiger partial charge in [0.2, 0.25) is 8.32 Å². The molecule has 0 saturated carbocycles. The largest absolute Gasteiger partial charge is 0.413 e. The first-order chi connectivity index (χ1) is 16.8. The van der Waals surface area contributed by atoms with Gasteiger partial charge >= 0.3 is 0 Å². The number of hydrogen-bond acceptors (Lipinski definition) is 5. The van der Waals surface area contributed by atoms with Crippen molar-refractivity contribution >= 4 is 22.5 Å². The van der Waals surface area contributed by atoms with E-state index in [1.54, 1.807) is 14.2 Å². The van der Waals surface area contributed by atoms with Gasteiger partial charge in [-0.2, -0.15) is 0 Å². The maximum absolute atomic E-state index is 13.2. The van der Waals surface area contributed by atoms with E-state index in [9.17, 15) is 4.79 Å². The van der Waals surface area contributed by atoms with Gasteiger partial charge < -0.3 is 13.6 Å². The number of carbonyl (C=O) groups excluding carboxylic acids is 1. The highest BCUT2D eigenvalue weighted by molar-refractivity contribution is 6.77. The van der Waals surface area contributed by atoms with Gasteiger partial charge in [0.25, 0.3) is 5.91 Å². The van der Waals surface area contributed by atoms with E-state index in [2.05, 4.69) is 82.3 Å². The van der Waals surface area contributed by atoms with Gasteiger partial charge in [0.15, 0.2) is 8.32 Å². The molecule has 0 rings (SSSR count). The highest BCUT2D eigenvalue weighted by Crippen LogP contribution is 2.44. The van der Waals surface area contributed by atoms with E-state index < -0.39 is 16.6 Å². The van der Waals surface area contributed by atoms with Gasteiger partial charge in [0.1, 0.15) is 0 Å². The Bertz CT molecular complexity index is 707. The second kappa shape index (κ2) is 15.3. The van der Waals surface area contributed by atoms with Crippen molar-refractivity contribution in [2.75, 3.05) is 34.5 Å². The molecule has 0 aromatic carbocycles. The Labute approximate surface area is 232 Å². The molecule has 220 valence electrons. The maximum Gasteiger partial charge on any atom is 0.251 e. The monoisotopic (exact) mass is 559 g/mol. The summed E-state index contributed by atoms with van der Waals surface area (Å²) in [7, 11) is 0.871. The molecule has 0 fully saturated rings. The smallest absolute Gasteiger partial charge is 0.251 e. The second-order valence-corrected chi connectivity index (χ2v) is 23.4. The number of amides is 1. The van der Waals surface area contributed by atoms with E-state index >= 15 is 0 Å². The summed E-state index contributed by atoms with van der Waals surface area (Å²) in [5.74, 6) is -0.359. The molecule has 0 aromatic heterocycles. The quantitative estimate of drug-likeness (QED) is 0.109. The van der Waals surface area contributed by atoms with Crippen molar-refractivity contribution in [2.24, 2.45) is 5.92 Å². The van der Waals surface area contributed by atoms with Crippen molar-refractivity contribution in [1.82, 2.24) is 5.06 Å². The van der Waals surface area contributed by atoms with E-state index in [-0.39, 0.29) is 23.0 Å². The Balaban J connectivity index is 6.16. The minimum absolute atomic E-state index is 0.0494. The molecule has 2 atom stereocenters. The van der Waals surface area contributed by atoms with E-state index in [4.69, 9.17) is 18.4 Å². The zero-order valence-corrected chi connectivity index (χ0v) is 29.2. The highest BCUT2D eigenvalue weighted by Gasteiger charge is 2.48. The lowest BCUT2D eigenvalue weighted by Gasteiger charge is -2.46. The molecular formula is C29H61NO5Si2. The van der Waals surface area contributed by atoms with Crippen molar-refractivity contribution in [3.05, 3.63) is 11.1 Å². The average molecular weight is 560 g/mol. The number of ether oxygens (including phenoxy) is 1. The Hall–Kier alpha value is -0.516. The van der Waals surface area contributed by atoms with Gasteiger partial charge in [-0.05, 0) is 60.1 Å². The lowest BCUT2D eigenvalue weighted by atomic mass is 9.96. The molecular weight excluding hydrogens is 498 g/mol. The molecule has 8 heteroatoms. The van der Waals surface area contributed by atoms with Crippen LogP contribution in [0, 0.1) is 5.92 Å². The topological polar surface area (TPSA) is 57.2 Å². The summed E-state index contributed by atoms with van der Waals surface area (Å²) < 4.78 is 19.3. The molecule has 0 unspecified atom stereocenters. The summed E-state index contributed by atoms with van der Waals surface area (Å²) in [6.07, 6.45) is 1.41. The number of rotatable bonds is 16. The number of allylic oxidation sites excluding steroid dienone is 1. The van der Waals surface area contributed by atoms with E-state index in [1.165, 1.54) is 23.3 Å². The Morgan fingerprint density at radius 3 is 1.76 bits per heavy atom. The highest BCUT2D eigenvalue weighted by atomic mass is 28.4. The van der Waals surface area contributed by atoms with Crippen molar-refractivity contribution in [1.29, 1.82) is 0 Å². The van der Waals surface area contributed by atoms with Crippen LogP contribution in [0.3, 0.4) is 0 Å². The number of carbonyl (C=O) groups is 1. The fraction of sp³-hybridized carbons (Fsp3) is 0.897. The Kier molecular flexibility index (Phi) is 15.1. The van der Waals surface area contributed by atoms with Gasteiger partial charge in [0.05, 0.1) is 32.3 Å². The van der Waals surface area contributed by atoms with E-state index in [0.29, 0.717) is 29.8 Å². The van der Waals surface area contributed by atoms with Gasteiger partial charge in [-0.15, -0.1) is 0 Å². The summed E-state index contributed by atoms with van der Waals surface area (Å²) in [6, 6.07) is 0. The van der Waals surface area contributed by atoms with Crippen molar-refractivity contribution < 1.29 is 23.2 Å². The van der Waals surface area contributed by atoms with Crippen molar-refractivity contribution in [3.8, 4) is 0 Å². The van der Waals surface area contributed by atoms with Crippen LogP contribution < -0.4 is 0 Å². The summed E-state index contributed by atoms with van der Waals surface area (Å²) >= 11 is 0. The summed E-state index contributed by atoms with van der Waals surface area (Å²) in [4.78, 5) is 18.4. The first-order valence-corrected chi connectivity index (χ1v) is 19.1. The van der Waals surface area contributed by atoms with Crippen molar-refractivity contribution in [3.63, 3.8) is 0 Å². The predicted molar refractivity (Wildman–Crippen MR) is 162 cm³/mol. The second-order valence-electron chi connectivity index (χ2n) is 13.2. The molecule has 1 amide bonds. The van der Waals surface area contributed by atoms with Crippen LogP contribution >= 0.6 is 0 Å². The lowest BCUT2D eigenvalue weighted by molar-refractivity contribution is -0.176. The summed E-state index contributed by atoms with van der Waals surface area (Å²) in [5.41, 5.74) is 3.78. The molecule has 0 N–H and O–H groups in total. The van der Waals surface area contributed by atoms with Crippen LogP contribution in [0.15, 0.2) is 11.1 Å². The lowest BCUT2D eigenvalue weighted by Crippen LogP contribution is -2.52. The molecule has 6 nitrogen and oxygen atoms in total. The number of nitrogens with zero attached hydrogens (tertiary/aromatic N) is 1. The standard InChI is InChI=1S/C29H61NO5Si2/c1-21(2)37(22(3)4,23(5)6)35-27(25(8)28(31)30(12)33-14)18-17-24(7)26(19-32-13)20-34-36(15,16)29(9,10)11/h21-23,25,27H,17-20H2,1-16H3/b26-24+/t25-,27+/m1/s1. The molecule has 37 heavy (non-hydrogen) atoms. The molecule has 0 saturated heterocycles. The fourth-order valence-electron chi connectivity index (χ4n) is 5.10. The summed E-state index contributed by atoms with van der Waals surface area (Å²) in [5, 5.41) is 1.48. The van der Waals surface area contributed by atoms with Crippen LogP contribution in [0.5, 0.6) is 0 Å². The first-order valence-electron chi connectivity index (χ1n) is 14.1. The number of hydroxylamine groups is 2. The molecule has 0 aliphatic heterocycles. The minimum Gasteiger partial charge on any atom is -0.413 e. The molecule has 0 spiro atoms. The van der Waals surface area contributed by atoms with Crippen LogP contribution in [0.2, 0.25) is 34.8 Å². The molecule has 0 aliphatic rings. The summed E-state index contributed by atoms with van der Waals surface area (Å²) in [6.45, 7) is 30.4. The van der Waals surface area contributed by atoms with Crippen LogP contribution in [0.25, 0.3) is 0 Å². The van der Waals surface area contributed by atoms with Gasteiger partial charge in [-0.25, -0.2) is 5.06 Å². The molecule has 0 heterocycles. The number of methoxy groups -OCH3 is 1. The third-order valence-corrected chi connectivity index (χ3v) is 19.3. The Morgan fingerprint density at radius 2 is 1.38 bits per heavy atom. The van der Waals surface area contributed by atoms with Gasteiger partial charge in [-0.1, -0.05) is 74.8 Å². The third-order valence-electron chi connectivity index (χ3n) is 8.73. The molecule has 0 aliphatic carbocycles. The zero-order valence-electron chi connectivity index (χ0n) is 27.2. The van der Waals surface area contributed by atoms with Gasteiger partial charge in [-0.3, -0.25) is 9.63 Å². The van der Waals surface area contributed by atoms with Crippen LogP contribution in [-0.4, -0.2) is 68.2 Å². The van der Waals surface area contributed by atoms with Crippen molar-refractivity contribution in [2.45, 2.75) is 130 Å². The number of hydrogen-bond donors (Lipinski definition) is 0. The Morgan fingerprint density at radius 1 is 0.892 bits per heavy atom. The van der Waals surface area contributed by atoms with E-state index in [0.717, 1.165) is 12.8 Å². The normalized spacial score (nSPS) is 15.9. The SMILES string of the molecule is COC/C(CO[Si](C)(C)C(C)(C)C)=C(/C)CC[C@H](O[Si](C(C)C)(C(C)C)C(C)C)[C@@H](C)C(=O)N(C)OC. The average Bonchev–Trinajstić information content (AvgIpc) is 2.78. The van der Waals surface area contributed by atoms with E-state index in [1.807, 2.05) is 6.92 Å². The van der Waals surface area contributed by atoms with Gasteiger partial charge in [0, 0.05) is 14.2 Å². The maximum atomic E-state index is 13.2. The van der Waals surface area contributed by atoms with Crippen LogP contribution in [0.4, 0.5) is 0 Å². The minimum atomic E-state index is -2.19. The predicted octanol–water partition coefficient (Wildman–Crippen LogP) is 7.97. The van der Waals surface area contributed by atoms with Crippen LogP contribution in [0.1, 0.15) is 89.0 Å². The van der Waals surface area contributed by atoms with Crippen LogP contribution in [-0.2, 0) is 23.2 Å².